The molecule has 3 N–H and O–H groups in total. The normalized spacial score (nSPS) is 10.6. The summed E-state index contributed by atoms with van der Waals surface area (Å²) in [6, 6.07) is 16.0. The van der Waals surface area contributed by atoms with Crippen LogP contribution in [0.3, 0.4) is 0 Å². The van der Waals surface area contributed by atoms with E-state index >= 15 is 0 Å². The third-order valence-electron chi connectivity index (χ3n) is 4.15. The highest BCUT2D eigenvalue weighted by atomic mass is 127. The molecule has 0 saturated heterocycles. The van der Waals surface area contributed by atoms with Crippen molar-refractivity contribution in [3.63, 3.8) is 0 Å². The Morgan fingerprint density at radius 2 is 1.79 bits per heavy atom. The van der Waals surface area contributed by atoms with Crippen molar-refractivity contribution in [2.45, 2.75) is 19.9 Å². The molecule has 28 heavy (non-hydrogen) atoms. The highest BCUT2D eigenvalue weighted by molar-refractivity contribution is 14.0. The van der Waals surface area contributed by atoms with Crippen LogP contribution in [0.2, 0.25) is 0 Å². The molecule has 0 aromatic heterocycles. The number of halogens is 1. The number of aryl methyl sites for hydroxylation is 1. The Bertz CT molecular complexity index is 766. The number of benzene rings is 2. The Balaban J connectivity index is 0.00000392. The molecule has 1 amide bonds. The van der Waals surface area contributed by atoms with Crippen molar-refractivity contribution in [3.05, 3.63) is 65.2 Å². The Morgan fingerprint density at radius 1 is 1.04 bits per heavy atom. The van der Waals surface area contributed by atoms with Crippen molar-refractivity contribution in [1.82, 2.24) is 16.0 Å². The van der Waals surface area contributed by atoms with Gasteiger partial charge in [0.05, 0.1) is 13.7 Å². The van der Waals surface area contributed by atoms with Crippen LogP contribution in [0.1, 0.15) is 16.7 Å². The van der Waals surface area contributed by atoms with Crippen LogP contribution in [0.5, 0.6) is 5.75 Å². The second-order valence-corrected chi connectivity index (χ2v) is 6.17. The third-order valence-corrected chi connectivity index (χ3v) is 4.15. The number of hydrogen-bond acceptors (Lipinski definition) is 3. The Labute approximate surface area is 184 Å². The smallest absolute Gasteiger partial charge is 0.239 e. The lowest BCUT2D eigenvalue weighted by molar-refractivity contribution is -0.120. The molecule has 0 heterocycles. The van der Waals surface area contributed by atoms with Gasteiger partial charge in [-0.15, -0.1) is 24.0 Å². The molecule has 0 radical (unpaired) electrons. The zero-order valence-electron chi connectivity index (χ0n) is 16.6. The van der Waals surface area contributed by atoms with Gasteiger partial charge in [-0.25, -0.2) is 0 Å². The Morgan fingerprint density at radius 3 is 2.46 bits per heavy atom. The van der Waals surface area contributed by atoms with Crippen LogP contribution in [-0.4, -0.2) is 39.1 Å². The molecular formula is C21H29IN4O2. The molecule has 0 atom stereocenters. The molecular weight excluding hydrogens is 467 g/mol. The van der Waals surface area contributed by atoms with Gasteiger partial charge in [0.2, 0.25) is 5.91 Å². The van der Waals surface area contributed by atoms with Gasteiger partial charge in [-0.3, -0.25) is 9.79 Å². The molecule has 6 nitrogen and oxygen atoms in total. The van der Waals surface area contributed by atoms with Gasteiger partial charge >= 0.3 is 0 Å². The highest BCUT2D eigenvalue weighted by Crippen LogP contribution is 2.18. The maximum absolute atomic E-state index is 12.0. The van der Waals surface area contributed by atoms with Gasteiger partial charge in [0, 0.05) is 20.1 Å². The fourth-order valence-corrected chi connectivity index (χ4v) is 2.59. The summed E-state index contributed by atoms with van der Waals surface area (Å²) in [5, 5.41) is 9.12. The van der Waals surface area contributed by atoms with E-state index in [1.54, 1.807) is 14.2 Å². The zero-order chi connectivity index (χ0) is 19.5. The number of rotatable bonds is 8. The number of carbonyl (C=O) groups excluding carboxylic acids is 1. The third kappa shape index (κ3) is 8.16. The first kappa shape index (κ1) is 23.7. The standard InChI is InChI=1S/C21H28N4O2.HI/c1-16-9-10-17(13-19(16)27-3)11-12-23-21(22-2)25-15-20(26)24-14-18-7-5-4-6-8-18;/h4-10,13H,11-12,14-15H2,1-3H3,(H,24,26)(H2,22,23,25);1H. The summed E-state index contributed by atoms with van der Waals surface area (Å²) in [5.74, 6) is 1.42. The van der Waals surface area contributed by atoms with E-state index in [-0.39, 0.29) is 36.4 Å². The first-order valence-corrected chi connectivity index (χ1v) is 9.01. The number of amides is 1. The summed E-state index contributed by atoms with van der Waals surface area (Å²) in [7, 11) is 3.37. The number of aliphatic imine (C=N–C) groups is 1. The van der Waals surface area contributed by atoms with Gasteiger partial charge in [0.25, 0.3) is 0 Å². The molecule has 152 valence electrons. The van der Waals surface area contributed by atoms with E-state index in [2.05, 4.69) is 33.1 Å². The van der Waals surface area contributed by atoms with E-state index in [4.69, 9.17) is 4.74 Å². The van der Waals surface area contributed by atoms with E-state index in [9.17, 15) is 4.79 Å². The number of ether oxygens (including phenoxy) is 1. The zero-order valence-corrected chi connectivity index (χ0v) is 18.9. The second-order valence-electron chi connectivity index (χ2n) is 6.17. The Kier molecular flexibility index (Phi) is 11.0. The summed E-state index contributed by atoms with van der Waals surface area (Å²) in [6.45, 7) is 3.42. The van der Waals surface area contributed by atoms with Crippen molar-refractivity contribution in [1.29, 1.82) is 0 Å². The van der Waals surface area contributed by atoms with Gasteiger partial charge in [0.1, 0.15) is 5.75 Å². The predicted octanol–water partition coefficient (Wildman–Crippen LogP) is 2.65. The summed E-state index contributed by atoms with van der Waals surface area (Å²) < 4.78 is 5.35. The molecule has 2 aromatic rings. The van der Waals surface area contributed by atoms with E-state index < -0.39 is 0 Å². The molecule has 2 aromatic carbocycles. The number of carbonyl (C=O) groups is 1. The first-order chi connectivity index (χ1) is 13.1. The van der Waals surface area contributed by atoms with Crippen molar-refractivity contribution in [3.8, 4) is 5.75 Å². The van der Waals surface area contributed by atoms with Crippen molar-refractivity contribution >= 4 is 35.8 Å². The molecule has 0 fully saturated rings. The largest absolute Gasteiger partial charge is 0.496 e. The molecule has 0 saturated carbocycles. The lowest BCUT2D eigenvalue weighted by Crippen LogP contribution is -2.43. The molecule has 2 rings (SSSR count). The van der Waals surface area contributed by atoms with E-state index in [1.807, 2.05) is 43.3 Å². The van der Waals surface area contributed by atoms with Crippen molar-refractivity contribution in [2.75, 3.05) is 27.2 Å². The molecule has 0 spiro atoms. The molecule has 0 bridgehead atoms. The predicted molar refractivity (Wildman–Crippen MR) is 125 cm³/mol. The van der Waals surface area contributed by atoms with Gasteiger partial charge in [0.15, 0.2) is 5.96 Å². The second kappa shape index (κ2) is 13.0. The summed E-state index contributed by atoms with van der Waals surface area (Å²) in [5.41, 5.74) is 3.37. The molecule has 7 heteroatoms. The minimum Gasteiger partial charge on any atom is -0.496 e. The maximum atomic E-state index is 12.0. The minimum absolute atomic E-state index is 0. The lowest BCUT2D eigenvalue weighted by atomic mass is 10.1. The number of nitrogens with one attached hydrogen (secondary N) is 3. The van der Waals surface area contributed by atoms with Crippen LogP contribution >= 0.6 is 24.0 Å². The summed E-state index contributed by atoms with van der Waals surface area (Å²) in [4.78, 5) is 16.1. The van der Waals surface area contributed by atoms with Gasteiger partial charge in [-0.1, -0.05) is 42.5 Å². The van der Waals surface area contributed by atoms with Crippen LogP contribution < -0.4 is 20.7 Å². The highest BCUT2D eigenvalue weighted by Gasteiger charge is 2.04. The van der Waals surface area contributed by atoms with Gasteiger partial charge in [-0.05, 0) is 36.1 Å². The van der Waals surface area contributed by atoms with Crippen LogP contribution in [0, 0.1) is 6.92 Å². The number of nitrogens with zero attached hydrogens (tertiary/aromatic N) is 1. The van der Waals surface area contributed by atoms with E-state index in [0.717, 1.165) is 23.3 Å². The molecule has 0 aliphatic heterocycles. The topological polar surface area (TPSA) is 74.8 Å². The van der Waals surface area contributed by atoms with Crippen molar-refractivity contribution < 1.29 is 9.53 Å². The number of methoxy groups -OCH3 is 1. The van der Waals surface area contributed by atoms with E-state index in [0.29, 0.717) is 19.0 Å². The molecule has 0 unspecified atom stereocenters. The van der Waals surface area contributed by atoms with Gasteiger partial charge < -0.3 is 20.7 Å². The summed E-state index contributed by atoms with van der Waals surface area (Å²) >= 11 is 0. The number of hydrogen-bond donors (Lipinski definition) is 3. The fourth-order valence-electron chi connectivity index (χ4n) is 2.59. The fraction of sp³-hybridized carbons (Fsp3) is 0.333. The van der Waals surface area contributed by atoms with Crippen LogP contribution in [-0.2, 0) is 17.8 Å². The van der Waals surface area contributed by atoms with E-state index in [1.165, 1.54) is 5.56 Å². The van der Waals surface area contributed by atoms with Gasteiger partial charge in [-0.2, -0.15) is 0 Å². The number of guanidine groups is 1. The van der Waals surface area contributed by atoms with Crippen LogP contribution in [0.25, 0.3) is 0 Å². The SMILES string of the molecule is CN=C(NCCc1ccc(C)c(OC)c1)NCC(=O)NCc1ccccc1.I. The maximum Gasteiger partial charge on any atom is 0.239 e. The monoisotopic (exact) mass is 496 g/mol. The first-order valence-electron chi connectivity index (χ1n) is 9.01. The lowest BCUT2D eigenvalue weighted by Gasteiger charge is -2.13. The molecule has 0 aliphatic carbocycles. The minimum atomic E-state index is -0.0786. The molecule has 0 aliphatic rings. The average molecular weight is 496 g/mol. The van der Waals surface area contributed by atoms with Crippen LogP contribution in [0.15, 0.2) is 53.5 Å². The quantitative estimate of drug-likeness (QED) is 0.299. The van der Waals surface area contributed by atoms with Crippen molar-refractivity contribution in [2.24, 2.45) is 4.99 Å². The van der Waals surface area contributed by atoms with Crippen LogP contribution in [0.4, 0.5) is 0 Å². The Hall–Kier alpha value is -2.29. The average Bonchev–Trinajstić information content (AvgIpc) is 2.70. The summed E-state index contributed by atoms with van der Waals surface area (Å²) in [6.07, 6.45) is 0.831.